The molecule has 2 unspecified atom stereocenters. The number of halogens is 1. The van der Waals surface area contributed by atoms with Gasteiger partial charge in [-0.1, -0.05) is 120 Å². The Morgan fingerprint density at radius 2 is 1.05 bits per heavy atom. The van der Waals surface area contributed by atoms with Crippen LogP contribution in [0.3, 0.4) is 0 Å². The molecule has 0 bridgehead atoms. The second kappa shape index (κ2) is 29.3. The molecule has 2 heterocycles. The van der Waals surface area contributed by atoms with E-state index in [4.69, 9.17) is 45.1 Å². The van der Waals surface area contributed by atoms with Gasteiger partial charge >= 0.3 is 0 Å². The van der Waals surface area contributed by atoms with Crippen molar-refractivity contribution in [2.24, 2.45) is 21.7 Å². The van der Waals surface area contributed by atoms with Crippen molar-refractivity contribution in [3.8, 4) is 34.5 Å². The molecule has 0 aromatic heterocycles. The third-order valence-corrected chi connectivity index (χ3v) is 15.3. The zero-order valence-corrected chi connectivity index (χ0v) is 53.6. The zero-order chi connectivity index (χ0) is 62.5. The zero-order valence-electron chi connectivity index (χ0n) is 52.9. The van der Waals surface area contributed by atoms with Gasteiger partial charge in [0.1, 0.15) is 37.9 Å². The fourth-order valence-electron chi connectivity index (χ4n) is 8.93. The normalized spacial score (nSPS) is 14.2. The van der Waals surface area contributed by atoms with Crippen molar-refractivity contribution < 1.29 is 57.8 Å². The second-order valence-electron chi connectivity index (χ2n) is 25.0. The molecule has 6 rings (SSSR count). The van der Waals surface area contributed by atoms with Crippen LogP contribution in [0.1, 0.15) is 186 Å². The largest absolute Gasteiger partial charge is 0.496 e. The number of hydrogen-bond donors (Lipinski definition) is 5. The molecule has 0 aliphatic carbocycles. The number of hydrazine groups is 2. The predicted molar refractivity (Wildman–Crippen MR) is 328 cm³/mol. The van der Waals surface area contributed by atoms with E-state index >= 15 is 0 Å². The van der Waals surface area contributed by atoms with Crippen molar-refractivity contribution in [3.63, 3.8) is 0 Å². The first-order chi connectivity index (χ1) is 38.7. The second-order valence-corrected chi connectivity index (χ2v) is 25.4. The fourth-order valence-corrected chi connectivity index (χ4v) is 9.04. The highest BCUT2D eigenvalue weighted by atomic mass is 35.5. The van der Waals surface area contributed by atoms with Gasteiger partial charge in [0.05, 0.1) is 33.5 Å². The van der Waals surface area contributed by atoms with E-state index in [1.165, 1.54) is 24.8 Å². The van der Waals surface area contributed by atoms with Crippen LogP contribution < -0.4 is 44.7 Å². The van der Waals surface area contributed by atoms with Gasteiger partial charge in [-0.2, -0.15) is 0 Å². The summed E-state index contributed by atoms with van der Waals surface area (Å²) in [4.78, 5) is 52.2. The quantitative estimate of drug-likeness (QED) is 0.0428. The van der Waals surface area contributed by atoms with Gasteiger partial charge in [-0.15, -0.1) is 0 Å². The SMILES string of the molecule is CCc1c(C(=O)NN(C(=O)c2cc(CO)c(C)c(OC)c2)C(/C=C(\C)C(C)(C)C)C(C)(C)C)ccc2c1OCCO2.CCc1c(C(=O)NNC(/C=C(\C)C(C)(C)C)C(C)(C)C)ccc2c1OCCO2.COc1cc(C(=O)Cl)cc(CO)c1C. The average molecular weight is 1170 g/mol. The number of carbonyl (C=O) groups excluding carboxylic acids is 4. The minimum atomic E-state index is -0.557. The molecule has 0 spiro atoms. The lowest BCUT2D eigenvalue weighted by Gasteiger charge is -2.40. The average Bonchev–Trinajstić information content (AvgIpc) is 3.56. The summed E-state index contributed by atoms with van der Waals surface area (Å²) in [5, 5.41) is 19.9. The Balaban J connectivity index is 0.000000302. The van der Waals surface area contributed by atoms with Gasteiger partial charge in [-0.25, -0.2) is 10.4 Å². The molecular weight excluding hydrogens is 1080 g/mol. The molecule has 456 valence electrons. The molecule has 2 atom stereocenters. The molecule has 83 heavy (non-hydrogen) atoms. The number of carbonyl (C=O) groups is 4. The minimum absolute atomic E-state index is 0.00189. The first-order valence-corrected chi connectivity index (χ1v) is 28.7. The van der Waals surface area contributed by atoms with E-state index in [1.54, 1.807) is 36.4 Å². The molecule has 16 nitrogen and oxygen atoms in total. The van der Waals surface area contributed by atoms with E-state index in [9.17, 15) is 24.3 Å². The number of methoxy groups -OCH3 is 2. The summed E-state index contributed by atoms with van der Waals surface area (Å²) in [6.07, 6.45) is 5.51. The highest BCUT2D eigenvalue weighted by Gasteiger charge is 2.37. The maximum Gasteiger partial charge on any atom is 0.273 e. The summed E-state index contributed by atoms with van der Waals surface area (Å²) < 4.78 is 33.6. The summed E-state index contributed by atoms with van der Waals surface area (Å²) in [6.45, 7) is 38.8. The molecule has 0 fully saturated rings. The van der Waals surface area contributed by atoms with Gasteiger partial charge in [0.25, 0.3) is 23.0 Å². The van der Waals surface area contributed by atoms with Gasteiger partial charge in [-0.05, 0) is 145 Å². The van der Waals surface area contributed by atoms with Gasteiger partial charge < -0.3 is 38.6 Å². The van der Waals surface area contributed by atoms with Crippen LogP contribution >= 0.6 is 11.6 Å². The topological polar surface area (TPSA) is 203 Å². The molecular formula is C66H93ClN4O12. The Bertz CT molecular complexity index is 2960. The highest BCUT2D eigenvalue weighted by molar-refractivity contribution is 6.67. The Morgan fingerprint density at radius 3 is 1.45 bits per heavy atom. The van der Waals surface area contributed by atoms with Gasteiger partial charge in [0.2, 0.25) is 0 Å². The molecule has 4 aromatic carbocycles. The first kappa shape index (κ1) is 68.9. The van der Waals surface area contributed by atoms with Crippen molar-refractivity contribution in [2.75, 3.05) is 40.6 Å². The van der Waals surface area contributed by atoms with Crippen LogP contribution in [0.5, 0.6) is 34.5 Å². The van der Waals surface area contributed by atoms with Crippen LogP contribution in [0.25, 0.3) is 0 Å². The van der Waals surface area contributed by atoms with Crippen LogP contribution in [-0.4, -0.2) is 90.9 Å². The lowest BCUT2D eigenvalue weighted by Crippen LogP contribution is -2.56. The highest BCUT2D eigenvalue weighted by Crippen LogP contribution is 2.39. The van der Waals surface area contributed by atoms with Gasteiger partial charge in [-0.3, -0.25) is 30.0 Å². The number of amides is 3. The Kier molecular flexibility index (Phi) is 24.3. The van der Waals surface area contributed by atoms with E-state index in [0.717, 1.165) is 27.8 Å². The first-order valence-electron chi connectivity index (χ1n) is 28.4. The van der Waals surface area contributed by atoms with Crippen molar-refractivity contribution in [3.05, 3.63) is 127 Å². The summed E-state index contributed by atoms with van der Waals surface area (Å²) >= 11 is 5.34. The summed E-state index contributed by atoms with van der Waals surface area (Å²) in [6, 6.07) is 13.0. The summed E-state index contributed by atoms with van der Waals surface area (Å²) in [5.74, 6) is 2.62. The monoisotopic (exact) mass is 1170 g/mol. The molecule has 5 N–H and O–H groups in total. The van der Waals surface area contributed by atoms with Crippen molar-refractivity contribution >= 4 is 34.6 Å². The van der Waals surface area contributed by atoms with Crippen molar-refractivity contribution in [1.29, 1.82) is 0 Å². The van der Waals surface area contributed by atoms with Gasteiger partial charge in [0, 0.05) is 39.4 Å². The fraction of sp³-hybridized carbons (Fsp3) is 0.515. The molecule has 17 heteroatoms. The minimum Gasteiger partial charge on any atom is -0.496 e. The lowest BCUT2D eigenvalue weighted by atomic mass is 9.80. The van der Waals surface area contributed by atoms with E-state index < -0.39 is 28.5 Å². The van der Waals surface area contributed by atoms with E-state index in [0.29, 0.717) is 107 Å². The molecule has 2 aliphatic rings. The number of rotatable bonds is 15. The Hall–Kier alpha value is -6.59. The molecule has 0 radical (unpaired) electrons. The maximum absolute atomic E-state index is 14.4. The van der Waals surface area contributed by atoms with E-state index in [1.807, 2.05) is 67.5 Å². The number of hydrogen-bond acceptors (Lipinski definition) is 13. The third kappa shape index (κ3) is 18.0. The smallest absolute Gasteiger partial charge is 0.273 e. The van der Waals surface area contributed by atoms with Gasteiger partial charge in [0.15, 0.2) is 23.0 Å². The number of fused-ring (bicyclic) bond motifs is 2. The third-order valence-electron chi connectivity index (χ3n) is 15.1. The molecule has 0 saturated heterocycles. The van der Waals surface area contributed by atoms with Crippen LogP contribution in [0, 0.1) is 35.5 Å². The number of benzene rings is 4. The van der Waals surface area contributed by atoms with Crippen molar-refractivity contribution in [1.82, 2.24) is 21.3 Å². The Morgan fingerprint density at radius 1 is 0.627 bits per heavy atom. The molecule has 4 aromatic rings. The van der Waals surface area contributed by atoms with Crippen molar-refractivity contribution in [2.45, 2.75) is 163 Å². The number of ether oxygens (including phenoxy) is 6. The lowest BCUT2D eigenvalue weighted by molar-refractivity contribution is 0.0389. The predicted octanol–water partition coefficient (Wildman–Crippen LogP) is 12.6. The van der Waals surface area contributed by atoms with Crippen LogP contribution in [0.15, 0.2) is 71.8 Å². The number of nitrogens with one attached hydrogen (secondary N) is 3. The number of allylic oxidation sites excluding steroid dienone is 2. The standard InChI is InChI=1S/C33H46N2O6.C23H36N2O3.C10H11ClO3/c1-11-24-25(12-13-26-29(24)41-15-14-40-26)30(37)34-35(28(33(7,8)9)16-20(2)32(4,5)6)31(38)22-17-23(19-36)21(3)27(18-22)39-10;1-9-16-17(10-11-18-20(16)28-13-12-27-18)21(26)25-24-19(23(6,7)8)14-15(2)22(3,4)5;1-6-8(5-12)3-7(10(11)13)4-9(6)14-2/h12-13,16-18,28,36H,11,14-15,19H2,1-10H3,(H,34,37);10-11,14,19,24H,9,12-13H2,1-8H3,(H,25,26);3-4,12H,5H2,1-2H3/b20-16+;15-14+;. The molecule has 3 amide bonds. The molecule has 0 saturated carbocycles. The van der Waals surface area contributed by atoms with Crippen LogP contribution in [0.2, 0.25) is 0 Å². The number of aliphatic hydroxyl groups is 2. The summed E-state index contributed by atoms with van der Waals surface area (Å²) in [7, 11) is 3.03. The Labute approximate surface area is 498 Å². The number of nitrogens with zero attached hydrogens (tertiary/aromatic N) is 1. The number of aliphatic hydroxyl groups excluding tert-OH is 2. The maximum atomic E-state index is 14.4. The molecule has 2 aliphatic heterocycles. The van der Waals surface area contributed by atoms with E-state index in [2.05, 4.69) is 97.7 Å². The van der Waals surface area contributed by atoms with Crippen LogP contribution in [0.4, 0.5) is 0 Å². The van der Waals surface area contributed by atoms with E-state index in [-0.39, 0.29) is 41.4 Å². The van der Waals surface area contributed by atoms with Crippen LogP contribution in [-0.2, 0) is 26.1 Å². The summed E-state index contributed by atoms with van der Waals surface area (Å²) in [5.41, 5.74) is 17.0.